The molecule has 0 aromatic carbocycles. The van der Waals surface area contributed by atoms with E-state index in [2.05, 4.69) is 18.8 Å². The molecule has 2 heteroatoms. The van der Waals surface area contributed by atoms with Gasteiger partial charge in [-0.15, -0.1) is 0 Å². The van der Waals surface area contributed by atoms with E-state index in [4.69, 9.17) is 0 Å². The molecule has 0 bridgehead atoms. The Bertz CT molecular complexity index is 148. The van der Waals surface area contributed by atoms with E-state index in [1.165, 1.54) is 6.08 Å². The second-order valence-corrected chi connectivity index (χ2v) is 2.99. The van der Waals surface area contributed by atoms with Crippen molar-refractivity contribution in [2.75, 3.05) is 0 Å². The molecule has 1 saturated carbocycles. The first-order valence-electron chi connectivity index (χ1n) is 4.65. The van der Waals surface area contributed by atoms with Gasteiger partial charge in [0.1, 0.15) is 0 Å². The summed E-state index contributed by atoms with van der Waals surface area (Å²) in [6.45, 7) is 9.57. The van der Waals surface area contributed by atoms with Crippen LogP contribution in [0.3, 0.4) is 0 Å². The predicted octanol–water partition coefficient (Wildman–Crippen LogP) is 2.11. The molecular formula is C10H19NO. The van der Waals surface area contributed by atoms with Gasteiger partial charge >= 0.3 is 0 Å². The van der Waals surface area contributed by atoms with Crippen LogP contribution in [-0.4, -0.2) is 11.9 Å². The third kappa shape index (κ3) is 3.56. The monoisotopic (exact) mass is 169 g/mol. The Morgan fingerprint density at radius 1 is 1.50 bits per heavy atom. The zero-order valence-electron chi connectivity index (χ0n) is 8.26. The number of nitrogens with one attached hydrogen (secondary N) is 1. The van der Waals surface area contributed by atoms with Crippen molar-refractivity contribution >= 4 is 5.91 Å². The molecule has 1 amide bonds. The first kappa shape index (κ1) is 11.2. The third-order valence-electron chi connectivity index (χ3n) is 1.91. The molecule has 1 N–H and O–H groups in total. The normalized spacial score (nSPS) is 25.9. The van der Waals surface area contributed by atoms with Gasteiger partial charge in [0.05, 0.1) is 0 Å². The van der Waals surface area contributed by atoms with Crippen molar-refractivity contribution in [2.24, 2.45) is 5.92 Å². The minimum absolute atomic E-state index is 0.0445. The van der Waals surface area contributed by atoms with Crippen LogP contribution < -0.4 is 5.32 Å². The molecule has 0 unspecified atom stereocenters. The van der Waals surface area contributed by atoms with Crippen molar-refractivity contribution in [3.8, 4) is 0 Å². The van der Waals surface area contributed by atoms with Crippen LogP contribution in [0.4, 0.5) is 0 Å². The summed E-state index contributed by atoms with van der Waals surface area (Å²) in [5.41, 5.74) is 0. The second kappa shape index (κ2) is 5.81. The van der Waals surface area contributed by atoms with Crippen LogP contribution in [0.1, 0.15) is 33.6 Å². The lowest BCUT2D eigenvalue weighted by Gasteiger charge is -2.32. The Morgan fingerprint density at radius 2 is 2.00 bits per heavy atom. The average Bonchev–Trinajstić information content (AvgIpc) is 2.05. The lowest BCUT2D eigenvalue weighted by molar-refractivity contribution is -0.117. The molecule has 0 radical (unpaired) electrons. The lowest BCUT2D eigenvalue weighted by atomic mass is 9.82. The maximum Gasteiger partial charge on any atom is 0.243 e. The second-order valence-electron chi connectivity index (χ2n) is 2.99. The Labute approximate surface area is 75.0 Å². The Hall–Kier alpha value is -0.790. The van der Waals surface area contributed by atoms with Gasteiger partial charge in [-0.2, -0.15) is 0 Å². The number of amides is 1. The molecule has 1 rings (SSSR count). The van der Waals surface area contributed by atoms with Gasteiger partial charge in [-0.1, -0.05) is 27.4 Å². The highest BCUT2D eigenvalue weighted by molar-refractivity contribution is 5.87. The summed E-state index contributed by atoms with van der Waals surface area (Å²) in [4.78, 5) is 10.7. The number of rotatable bonds is 2. The molecule has 2 nitrogen and oxygen atoms in total. The highest BCUT2D eigenvalue weighted by atomic mass is 16.1. The highest BCUT2D eigenvalue weighted by Crippen LogP contribution is 2.25. The molecule has 70 valence electrons. The smallest absolute Gasteiger partial charge is 0.243 e. The van der Waals surface area contributed by atoms with Gasteiger partial charge in [0.15, 0.2) is 0 Å². The van der Waals surface area contributed by atoms with Crippen LogP contribution in [0.25, 0.3) is 0 Å². The van der Waals surface area contributed by atoms with Crippen molar-refractivity contribution in [3.05, 3.63) is 12.7 Å². The van der Waals surface area contributed by atoms with Crippen molar-refractivity contribution in [1.82, 2.24) is 5.32 Å². The minimum atomic E-state index is -0.0445. The zero-order chi connectivity index (χ0) is 9.56. The third-order valence-corrected chi connectivity index (χ3v) is 1.91. The summed E-state index contributed by atoms with van der Waals surface area (Å²) in [7, 11) is 0. The molecule has 0 aromatic rings. The molecule has 0 spiro atoms. The van der Waals surface area contributed by atoms with E-state index in [1.54, 1.807) is 0 Å². The fourth-order valence-electron chi connectivity index (χ4n) is 1.28. The molecule has 1 aliphatic rings. The van der Waals surface area contributed by atoms with Crippen LogP contribution in [0.2, 0.25) is 0 Å². The van der Waals surface area contributed by atoms with Crippen LogP contribution in [0, 0.1) is 5.92 Å². The lowest BCUT2D eigenvalue weighted by Crippen LogP contribution is -2.42. The highest BCUT2D eigenvalue weighted by Gasteiger charge is 2.25. The summed E-state index contributed by atoms with van der Waals surface area (Å²) in [5.74, 6) is 0.743. The van der Waals surface area contributed by atoms with Crippen LogP contribution >= 0.6 is 0 Å². The number of hydrogen-bond acceptors (Lipinski definition) is 1. The number of carbonyl (C=O) groups is 1. The maximum atomic E-state index is 10.7. The Morgan fingerprint density at radius 3 is 2.33 bits per heavy atom. The van der Waals surface area contributed by atoms with Gasteiger partial charge in [0.2, 0.25) is 5.91 Å². The van der Waals surface area contributed by atoms with E-state index in [0.29, 0.717) is 6.04 Å². The Kier molecular flexibility index (Phi) is 5.43. The van der Waals surface area contributed by atoms with Gasteiger partial charge in [0, 0.05) is 6.04 Å². The molecule has 0 atom stereocenters. The zero-order valence-corrected chi connectivity index (χ0v) is 8.26. The summed E-state index contributed by atoms with van der Waals surface area (Å²) in [5, 5.41) is 2.84. The first-order valence-corrected chi connectivity index (χ1v) is 4.65. The molecule has 1 aliphatic carbocycles. The van der Waals surface area contributed by atoms with E-state index in [9.17, 15) is 4.79 Å². The van der Waals surface area contributed by atoms with Crippen molar-refractivity contribution in [3.63, 3.8) is 0 Å². The predicted molar refractivity (Wildman–Crippen MR) is 51.9 cm³/mol. The van der Waals surface area contributed by atoms with Gasteiger partial charge in [-0.25, -0.2) is 0 Å². The maximum absolute atomic E-state index is 10.7. The summed E-state index contributed by atoms with van der Waals surface area (Å²) in [6, 6.07) is 0.417. The molecule has 12 heavy (non-hydrogen) atoms. The summed E-state index contributed by atoms with van der Waals surface area (Å²) in [6.07, 6.45) is 3.57. The first-order chi connectivity index (χ1) is 5.72. The molecule has 0 aliphatic heterocycles. The largest absolute Gasteiger partial charge is 0.350 e. The quantitative estimate of drug-likeness (QED) is 0.630. The molecule has 0 heterocycles. The van der Waals surface area contributed by atoms with Gasteiger partial charge in [0.25, 0.3) is 0 Å². The molecule has 1 fully saturated rings. The average molecular weight is 169 g/mol. The molecule has 0 aromatic heterocycles. The SMILES string of the molecule is C=CC(=O)NC1CC(C)C1.CC. The van der Waals surface area contributed by atoms with E-state index in [1.807, 2.05) is 13.8 Å². The van der Waals surface area contributed by atoms with Crippen LogP contribution in [0.15, 0.2) is 12.7 Å². The fraction of sp³-hybridized carbons (Fsp3) is 0.700. The summed E-state index contributed by atoms with van der Waals surface area (Å²) < 4.78 is 0. The van der Waals surface area contributed by atoms with Gasteiger partial charge < -0.3 is 5.32 Å². The number of hydrogen-bond donors (Lipinski definition) is 1. The topological polar surface area (TPSA) is 29.1 Å². The van der Waals surface area contributed by atoms with Crippen molar-refractivity contribution < 1.29 is 4.79 Å². The van der Waals surface area contributed by atoms with E-state index in [-0.39, 0.29) is 5.91 Å². The van der Waals surface area contributed by atoms with Crippen LogP contribution in [-0.2, 0) is 4.79 Å². The van der Waals surface area contributed by atoms with Gasteiger partial charge in [-0.05, 0) is 24.8 Å². The minimum Gasteiger partial charge on any atom is -0.350 e. The van der Waals surface area contributed by atoms with Crippen molar-refractivity contribution in [1.29, 1.82) is 0 Å². The fourth-order valence-corrected chi connectivity index (χ4v) is 1.28. The van der Waals surface area contributed by atoms with E-state index < -0.39 is 0 Å². The molecule has 0 saturated heterocycles. The van der Waals surface area contributed by atoms with Crippen LogP contribution in [0.5, 0.6) is 0 Å². The Balaban J connectivity index is 0.000000561. The van der Waals surface area contributed by atoms with Crippen molar-refractivity contribution in [2.45, 2.75) is 39.7 Å². The van der Waals surface area contributed by atoms with E-state index >= 15 is 0 Å². The standard InChI is InChI=1S/C8H13NO.C2H6/c1-3-8(10)9-7-4-6(2)5-7;1-2/h3,6-7H,1,4-5H2,2H3,(H,9,10);1-2H3. The number of carbonyl (C=O) groups excluding carboxylic acids is 1. The van der Waals surface area contributed by atoms with E-state index in [0.717, 1.165) is 18.8 Å². The summed E-state index contributed by atoms with van der Waals surface area (Å²) >= 11 is 0. The molecular weight excluding hydrogens is 150 g/mol. The van der Waals surface area contributed by atoms with Gasteiger partial charge in [-0.3, -0.25) is 4.79 Å².